The molecule has 1 saturated heterocycles. The van der Waals surface area contributed by atoms with Crippen LogP contribution in [0.5, 0.6) is 11.5 Å². The topological polar surface area (TPSA) is 160 Å². The maximum absolute atomic E-state index is 14.1. The maximum Gasteiger partial charge on any atom is 0.334 e. The van der Waals surface area contributed by atoms with Crippen molar-refractivity contribution in [3.05, 3.63) is 89.0 Å². The van der Waals surface area contributed by atoms with Gasteiger partial charge < -0.3 is 25.6 Å². The molecule has 3 heterocycles. The Labute approximate surface area is 248 Å². The van der Waals surface area contributed by atoms with Gasteiger partial charge in [-0.3, -0.25) is 13.9 Å². The summed E-state index contributed by atoms with van der Waals surface area (Å²) in [4.78, 5) is 33.3. The number of aromatic nitrogens is 3. The van der Waals surface area contributed by atoms with Crippen LogP contribution in [0.25, 0.3) is 16.7 Å². The second kappa shape index (κ2) is 13.4. The van der Waals surface area contributed by atoms with Crippen molar-refractivity contribution in [3.63, 3.8) is 0 Å². The molecular weight excluding hydrogens is 548 g/mol. The molecule has 1 atom stereocenters. The molecule has 11 nitrogen and oxygen atoms in total. The van der Waals surface area contributed by atoms with E-state index in [-0.39, 0.29) is 48.8 Å². The van der Waals surface area contributed by atoms with Crippen LogP contribution >= 0.6 is 0 Å². The van der Waals surface area contributed by atoms with Crippen molar-refractivity contribution >= 4 is 22.8 Å². The Hall–Kier alpha value is -4.92. The van der Waals surface area contributed by atoms with E-state index < -0.39 is 5.91 Å². The van der Waals surface area contributed by atoms with Gasteiger partial charge in [0.25, 0.3) is 5.91 Å². The molecule has 0 radical (unpaired) electrons. The van der Waals surface area contributed by atoms with Gasteiger partial charge in [0.05, 0.1) is 17.2 Å². The van der Waals surface area contributed by atoms with Gasteiger partial charge in [0.2, 0.25) is 0 Å². The average molecular weight is 583 g/mol. The van der Waals surface area contributed by atoms with E-state index in [9.17, 15) is 25.1 Å². The van der Waals surface area contributed by atoms with E-state index in [1.807, 2.05) is 36.4 Å². The van der Waals surface area contributed by atoms with E-state index in [0.29, 0.717) is 60.4 Å². The van der Waals surface area contributed by atoms with Crippen molar-refractivity contribution in [3.8, 4) is 23.3 Å². The van der Waals surface area contributed by atoms with Crippen LogP contribution in [0, 0.1) is 17.2 Å². The number of nitrogens with zero attached hydrogens (tertiary/aromatic N) is 5. The van der Waals surface area contributed by atoms with Crippen molar-refractivity contribution in [2.75, 3.05) is 32.0 Å². The van der Waals surface area contributed by atoms with Gasteiger partial charge in [-0.25, -0.2) is 9.78 Å². The van der Waals surface area contributed by atoms with Crippen LogP contribution in [0.2, 0.25) is 0 Å². The number of fused-ring (bicyclic) bond motifs is 1. The third-order valence-corrected chi connectivity index (χ3v) is 7.69. The highest BCUT2D eigenvalue weighted by Gasteiger charge is 2.30. The van der Waals surface area contributed by atoms with E-state index in [0.717, 1.165) is 0 Å². The van der Waals surface area contributed by atoms with E-state index in [1.165, 1.54) is 10.6 Å². The fourth-order valence-electron chi connectivity index (χ4n) is 5.62. The van der Waals surface area contributed by atoms with Gasteiger partial charge in [0, 0.05) is 32.5 Å². The SMILES string of the molecule is N#C/C(=C/C(CCO)CCO)C(=O)N1CCC[C@@H](n2c(=O)n(-c3ccc(Oc4ccccc4)cc3)c3c(N)nccc32)C1. The number of benzene rings is 2. The van der Waals surface area contributed by atoms with Crippen LogP contribution < -0.4 is 16.2 Å². The van der Waals surface area contributed by atoms with E-state index >= 15 is 0 Å². The lowest BCUT2D eigenvalue weighted by Gasteiger charge is -2.33. The largest absolute Gasteiger partial charge is 0.457 e. The number of aliphatic hydroxyl groups excluding tert-OH is 2. The number of piperidine rings is 1. The number of pyridine rings is 1. The van der Waals surface area contributed by atoms with Gasteiger partial charge in [-0.05, 0) is 74.1 Å². The highest BCUT2D eigenvalue weighted by molar-refractivity contribution is 5.97. The number of aliphatic hydroxyl groups is 2. The van der Waals surface area contributed by atoms with E-state index in [4.69, 9.17) is 10.5 Å². The predicted molar refractivity (Wildman–Crippen MR) is 162 cm³/mol. The number of hydrogen-bond donors (Lipinski definition) is 3. The molecule has 0 saturated carbocycles. The molecule has 0 unspecified atom stereocenters. The quantitative estimate of drug-likeness (QED) is 0.189. The first-order valence-corrected chi connectivity index (χ1v) is 14.3. The number of likely N-dealkylation sites (tertiary alicyclic amines) is 1. The van der Waals surface area contributed by atoms with Crippen LogP contribution in [0.4, 0.5) is 5.82 Å². The van der Waals surface area contributed by atoms with Crippen LogP contribution in [-0.2, 0) is 4.79 Å². The van der Waals surface area contributed by atoms with Crippen molar-refractivity contribution in [2.45, 2.75) is 31.7 Å². The number of hydrogen-bond acceptors (Lipinski definition) is 8. The first-order chi connectivity index (χ1) is 20.9. The molecule has 11 heteroatoms. The molecule has 0 spiro atoms. The summed E-state index contributed by atoms with van der Waals surface area (Å²) in [7, 11) is 0. The van der Waals surface area contributed by atoms with Crippen LogP contribution in [-0.4, -0.2) is 61.4 Å². The zero-order chi connectivity index (χ0) is 30.3. The molecule has 0 bridgehead atoms. The first-order valence-electron chi connectivity index (χ1n) is 14.3. The number of carbonyl (C=O) groups is 1. The summed E-state index contributed by atoms with van der Waals surface area (Å²) in [5.41, 5.74) is 7.63. The van der Waals surface area contributed by atoms with Crippen LogP contribution in [0.15, 0.2) is 83.3 Å². The fourth-order valence-corrected chi connectivity index (χ4v) is 5.62. The second-order valence-corrected chi connectivity index (χ2v) is 10.5. The average Bonchev–Trinajstić information content (AvgIpc) is 3.33. The van der Waals surface area contributed by atoms with Gasteiger partial charge in [-0.1, -0.05) is 24.3 Å². The molecular formula is C32H34N6O5. The lowest BCUT2D eigenvalue weighted by atomic mass is 9.98. The molecule has 1 fully saturated rings. The van der Waals surface area contributed by atoms with Crippen LogP contribution in [0.3, 0.4) is 0 Å². The lowest BCUT2D eigenvalue weighted by Crippen LogP contribution is -2.43. The van der Waals surface area contributed by atoms with Crippen molar-refractivity contribution in [1.82, 2.24) is 19.0 Å². The Morgan fingerprint density at radius 1 is 1.09 bits per heavy atom. The third kappa shape index (κ3) is 6.30. The van der Waals surface area contributed by atoms with Crippen molar-refractivity contribution in [1.29, 1.82) is 5.26 Å². The zero-order valence-electron chi connectivity index (χ0n) is 23.7. The molecule has 1 aliphatic rings. The Balaban J connectivity index is 1.46. The summed E-state index contributed by atoms with van der Waals surface area (Å²) in [6.45, 7) is 0.438. The highest BCUT2D eigenvalue weighted by Crippen LogP contribution is 2.30. The predicted octanol–water partition coefficient (Wildman–Crippen LogP) is 3.56. The molecule has 0 aliphatic carbocycles. The molecule has 222 valence electrons. The summed E-state index contributed by atoms with van der Waals surface area (Å²) in [6, 6.07) is 19.9. The minimum atomic E-state index is -0.431. The summed E-state index contributed by atoms with van der Waals surface area (Å²) in [5, 5.41) is 28.5. The number of nitrogen functional groups attached to an aromatic ring is 1. The highest BCUT2D eigenvalue weighted by atomic mass is 16.5. The van der Waals surface area contributed by atoms with Gasteiger partial charge in [-0.2, -0.15) is 5.26 Å². The third-order valence-electron chi connectivity index (χ3n) is 7.69. The Morgan fingerprint density at radius 2 is 1.79 bits per heavy atom. The Morgan fingerprint density at radius 3 is 2.47 bits per heavy atom. The van der Waals surface area contributed by atoms with Gasteiger partial charge in [-0.15, -0.1) is 0 Å². The number of para-hydroxylation sites is 1. The number of amides is 1. The Bertz CT molecular complexity index is 1700. The monoisotopic (exact) mass is 582 g/mol. The molecule has 4 N–H and O–H groups in total. The summed E-state index contributed by atoms with van der Waals surface area (Å²) >= 11 is 0. The summed E-state index contributed by atoms with van der Waals surface area (Å²) < 4.78 is 9.10. The number of imidazole rings is 1. The number of anilines is 1. The molecule has 4 aromatic rings. The molecule has 1 aliphatic heterocycles. The standard InChI is InChI=1S/C32H34N6O5/c33-20-23(19-22(13-17-39)14-18-40)31(41)36-16-4-5-25(21-36)37-28-12-15-35-30(34)29(28)38(32(37)42)24-8-10-27(11-9-24)43-26-6-2-1-3-7-26/h1-3,6-12,15,19,22,25,39-40H,4-5,13-14,16-18,21H2,(H2,34,35)/b23-19-/t25-/m1/s1. The number of nitrogens with two attached hydrogens (primary N) is 1. The number of allylic oxidation sites excluding steroid dienone is 1. The van der Waals surface area contributed by atoms with Crippen LogP contribution in [0.1, 0.15) is 31.7 Å². The van der Waals surface area contributed by atoms with Crippen molar-refractivity contribution < 1.29 is 19.7 Å². The van der Waals surface area contributed by atoms with E-state index in [1.54, 1.807) is 46.0 Å². The molecule has 2 aromatic carbocycles. The molecule has 2 aromatic heterocycles. The second-order valence-electron chi connectivity index (χ2n) is 10.5. The summed E-state index contributed by atoms with van der Waals surface area (Å²) in [6.07, 6.45) is 5.05. The molecule has 5 rings (SSSR count). The normalized spacial score (nSPS) is 15.5. The number of rotatable bonds is 10. The number of carbonyl (C=O) groups excluding carboxylic acids is 1. The molecule has 1 amide bonds. The first kappa shape index (κ1) is 29.6. The van der Waals surface area contributed by atoms with Gasteiger partial charge >= 0.3 is 5.69 Å². The zero-order valence-corrected chi connectivity index (χ0v) is 23.7. The van der Waals surface area contributed by atoms with E-state index in [2.05, 4.69) is 4.98 Å². The van der Waals surface area contributed by atoms with Gasteiger partial charge in [0.1, 0.15) is 34.5 Å². The Kier molecular flexibility index (Phi) is 9.20. The number of nitriles is 1. The minimum absolute atomic E-state index is 0.0337. The fraction of sp³-hybridized carbons (Fsp3) is 0.312. The molecule has 43 heavy (non-hydrogen) atoms. The van der Waals surface area contributed by atoms with Crippen molar-refractivity contribution in [2.24, 2.45) is 5.92 Å². The summed E-state index contributed by atoms with van der Waals surface area (Å²) in [5.74, 6) is 0.784. The number of ether oxygens (including phenoxy) is 1. The maximum atomic E-state index is 14.1. The smallest absolute Gasteiger partial charge is 0.334 e. The lowest BCUT2D eigenvalue weighted by molar-refractivity contribution is -0.128. The minimum Gasteiger partial charge on any atom is -0.457 e. The van der Waals surface area contributed by atoms with Gasteiger partial charge in [0.15, 0.2) is 0 Å².